The first-order valence-electron chi connectivity index (χ1n) is 5.50. The van der Waals surface area contributed by atoms with Crippen molar-refractivity contribution in [1.82, 2.24) is 20.1 Å². The maximum atomic E-state index is 11.6. The first kappa shape index (κ1) is 11.6. The molecule has 17 heavy (non-hydrogen) atoms. The van der Waals surface area contributed by atoms with Crippen LogP contribution in [0.4, 0.5) is 0 Å². The molecule has 1 aromatic heterocycles. The Balaban J connectivity index is 1.83. The van der Waals surface area contributed by atoms with Crippen molar-refractivity contribution in [2.24, 2.45) is 11.8 Å². The fourth-order valence-electron chi connectivity index (χ4n) is 1.73. The highest BCUT2D eigenvalue weighted by atomic mass is 16.4. The number of carboxylic acids is 1. The van der Waals surface area contributed by atoms with Gasteiger partial charge in [0.1, 0.15) is 6.33 Å². The first-order valence-corrected chi connectivity index (χ1v) is 5.50. The highest BCUT2D eigenvalue weighted by Crippen LogP contribution is 2.38. The van der Waals surface area contributed by atoms with E-state index in [1.807, 2.05) is 11.5 Å². The predicted molar refractivity (Wildman–Crippen MR) is 56.8 cm³/mol. The Morgan fingerprint density at radius 1 is 1.59 bits per heavy atom. The molecular formula is C10H14N4O3. The number of rotatable bonds is 5. The third kappa shape index (κ3) is 2.43. The van der Waals surface area contributed by atoms with Crippen LogP contribution in [0.2, 0.25) is 0 Å². The molecule has 1 aromatic rings. The number of carbonyl (C=O) groups is 2. The average Bonchev–Trinajstić information content (AvgIpc) is 2.99. The number of nitrogens with zero attached hydrogens (tertiary/aromatic N) is 3. The van der Waals surface area contributed by atoms with Crippen molar-refractivity contribution in [1.29, 1.82) is 0 Å². The van der Waals surface area contributed by atoms with E-state index >= 15 is 0 Å². The molecule has 0 bridgehead atoms. The minimum Gasteiger partial charge on any atom is -0.481 e. The van der Waals surface area contributed by atoms with Gasteiger partial charge in [-0.2, -0.15) is 0 Å². The van der Waals surface area contributed by atoms with Gasteiger partial charge in [-0.05, 0) is 13.3 Å². The Morgan fingerprint density at radius 2 is 2.35 bits per heavy atom. The molecule has 0 aliphatic heterocycles. The van der Waals surface area contributed by atoms with Crippen molar-refractivity contribution in [3.05, 3.63) is 12.2 Å². The van der Waals surface area contributed by atoms with Gasteiger partial charge in [-0.1, -0.05) is 0 Å². The lowest BCUT2D eigenvalue weighted by molar-refractivity contribution is -0.140. The van der Waals surface area contributed by atoms with Crippen LogP contribution in [-0.2, 0) is 22.7 Å². The minimum absolute atomic E-state index is 0.219. The molecule has 2 atom stereocenters. The second-order valence-corrected chi connectivity index (χ2v) is 4.04. The number of carbonyl (C=O) groups excluding carboxylic acids is 1. The maximum Gasteiger partial charge on any atom is 0.307 e. The van der Waals surface area contributed by atoms with Gasteiger partial charge < -0.3 is 15.0 Å². The molecule has 0 aromatic carbocycles. The summed E-state index contributed by atoms with van der Waals surface area (Å²) in [5.41, 5.74) is 0. The van der Waals surface area contributed by atoms with Crippen molar-refractivity contribution in [2.75, 3.05) is 0 Å². The standard InChI is InChI=1S/C10H14N4O3/c1-2-14-5-12-13-8(14)4-11-9(15)6-3-7(6)10(16)17/h5-7H,2-4H2,1H3,(H,11,15)(H,16,17)/t6-,7+/m1/s1. The zero-order valence-corrected chi connectivity index (χ0v) is 9.46. The van der Waals surface area contributed by atoms with Crippen LogP contribution in [-0.4, -0.2) is 31.7 Å². The average molecular weight is 238 g/mol. The number of aliphatic carboxylic acids is 1. The van der Waals surface area contributed by atoms with Crippen LogP contribution in [0.15, 0.2) is 6.33 Å². The van der Waals surface area contributed by atoms with Crippen LogP contribution in [0.5, 0.6) is 0 Å². The molecule has 1 aliphatic rings. The van der Waals surface area contributed by atoms with Gasteiger partial charge >= 0.3 is 5.97 Å². The molecule has 1 amide bonds. The summed E-state index contributed by atoms with van der Waals surface area (Å²) in [5, 5.41) is 19.0. The lowest BCUT2D eigenvalue weighted by Crippen LogP contribution is -2.27. The van der Waals surface area contributed by atoms with Gasteiger partial charge in [0.25, 0.3) is 0 Å². The summed E-state index contributed by atoms with van der Waals surface area (Å²) in [4.78, 5) is 22.2. The van der Waals surface area contributed by atoms with E-state index in [0.29, 0.717) is 12.2 Å². The van der Waals surface area contributed by atoms with Crippen molar-refractivity contribution >= 4 is 11.9 Å². The van der Waals surface area contributed by atoms with Crippen LogP contribution in [0.1, 0.15) is 19.2 Å². The Bertz CT molecular complexity index is 443. The summed E-state index contributed by atoms with van der Waals surface area (Å²) in [7, 11) is 0. The molecule has 0 spiro atoms. The van der Waals surface area contributed by atoms with Crippen LogP contribution >= 0.6 is 0 Å². The van der Waals surface area contributed by atoms with E-state index in [9.17, 15) is 9.59 Å². The molecule has 0 unspecified atom stereocenters. The second kappa shape index (κ2) is 4.52. The summed E-state index contributed by atoms with van der Waals surface area (Å²) in [6.07, 6.45) is 2.03. The van der Waals surface area contributed by atoms with Crippen LogP contribution in [0.3, 0.4) is 0 Å². The van der Waals surface area contributed by atoms with Gasteiger partial charge in [0.2, 0.25) is 5.91 Å². The highest BCUT2D eigenvalue weighted by Gasteiger charge is 2.48. The number of hydrogen-bond acceptors (Lipinski definition) is 4. The largest absolute Gasteiger partial charge is 0.481 e. The van der Waals surface area contributed by atoms with E-state index in [1.165, 1.54) is 0 Å². The molecule has 7 nitrogen and oxygen atoms in total. The molecule has 1 aliphatic carbocycles. The molecule has 2 rings (SSSR count). The molecule has 1 heterocycles. The Kier molecular flexibility index (Phi) is 3.08. The lowest BCUT2D eigenvalue weighted by atomic mass is 10.3. The molecule has 1 fully saturated rings. The van der Waals surface area contributed by atoms with Gasteiger partial charge in [0.05, 0.1) is 18.4 Å². The fourth-order valence-corrected chi connectivity index (χ4v) is 1.73. The summed E-state index contributed by atoms with van der Waals surface area (Å²) < 4.78 is 1.82. The molecule has 7 heteroatoms. The normalized spacial score (nSPS) is 22.2. The van der Waals surface area contributed by atoms with E-state index in [2.05, 4.69) is 15.5 Å². The van der Waals surface area contributed by atoms with Gasteiger partial charge in [-0.15, -0.1) is 10.2 Å². The monoisotopic (exact) mass is 238 g/mol. The SMILES string of the molecule is CCn1cnnc1CNC(=O)[C@@H]1C[C@@H]1C(=O)O. The van der Waals surface area contributed by atoms with Gasteiger partial charge in [-0.3, -0.25) is 9.59 Å². The second-order valence-electron chi connectivity index (χ2n) is 4.04. The summed E-state index contributed by atoms with van der Waals surface area (Å²) in [5.74, 6) is -1.34. The molecule has 92 valence electrons. The highest BCUT2D eigenvalue weighted by molar-refractivity contribution is 5.89. The van der Waals surface area contributed by atoms with E-state index < -0.39 is 11.9 Å². The van der Waals surface area contributed by atoms with Crippen LogP contribution in [0, 0.1) is 11.8 Å². The summed E-state index contributed by atoms with van der Waals surface area (Å²) >= 11 is 0. The Labute approximate surface area is 97.8 Å². The van der Waals surface area contributed by atoms with E-state index in [1.54, 1.807) is 6.33 Å². The van der Waals surface area contributed by atoms with Crippen molar-refractivity contribution in [3.8, 4) is 0 Å². The predicted octanol–water partition coefficient (Wildman–Crippen LogP) is -0.365. The Morgan fingerprint density at radius 3 is 2.94 bits per heavy atom. The number of carboxylic acid groups (broad SMARTS) is 1. The van der Waals surface area contributed by atoms with E-state index in [-0.39, 0.29) is 18.4 Å². The van der Waals surface area contributed by atoms with Crippen LogP contribution < -0.4 is 5.32 Å². The van der Waals surface area contributed by atoms with Gasteiger partial charge in [0.15, 0.2) is 5.82 Å². The third-order valence-electron chi connectivity index (χ3n) is 2.90. The molecule has 1 saturated carbocycles. The first-order chi connectivity index (χ1) is 8.13. The quantitative estimate of drug-likeness (QED) is 0.729. The minimum atomic E-state index is -0.901. The summed E-state index contributed by atoms with van der Waals surface area (Å²) in [6, 6.07) is 0. The number of aromatic nitrogens is 3. The van der Waals surface area contributed by atoms with Crippen molar-refractivity contribution in [2.45, 2.75) is 26.4 Å². The zero-order chi connectivity index (χ0) is 12.4. The van der Waals surface area contributed by atoms with E-state index in [0.717, 1.165) is 6.54 Å². The fraction of sp³-hybridized carbons (Fsp3) is 0.600. The third-order valence-corrected chi connectivity index (χ3v) is 2.90. The molecule has 0 saturated heterocycles. The number of aryl methyl sites for hydroxylation is 1. The Hall–Kier alpha value is -1.92. The zero-order valence-electron chi connectivity index (χ0n) is 9.46. The number of amides is 1. The smallest absolute Gasteiger partial charge is 0.307 e. The molecular weight excluding hydrogens is 224 g/mol. The summed E-state index contributed by atoms with van der Waals surface area (Å²) in [6.45, 7) is 2.98. The van der Waals surface area contributed by atoms with E-state index in [4.69, 9.17) is 5.11 Å². The molecule has 0 radical (unpaired) electrons. The van der Waals surface area contributed by atoms with Crippen molar-refractivity contribution in [3.63, 3.8) is 0 Å². The molecule has 2 N–H and O–H groups in total. The van der Waals surface area contributed by atoms with Crippen molar-refractivity contribution < 1.29 is 14.7 Å². The van der Waals surface area contributed by atoms with Gasteiger partial charge in [-0.25, -0.2) is 0 Å². The topological polar surface area (TPSA) is 97.1 Å². The number of hydrogen-bond donors (Lipinski definition) is 2. The maximum absolute atomic E-state index is 11.6. The van der Waals surface area contributed by atoms with Gasteiger partial charge in [0, 0.05) is 6.54 Å². The van der Waals surface area contributed by atoms with Crippen LogP contribution in [0.25, 0.3) is 0 Å². The number of nitrogens with one attached hydrogen (secondary N) is 1. The lowest BCUT2D eigenvalue weighted by Gasteiger charge is -2.05.